The van der Waals surface area contributed by atoms with E-state index in [1.54, 1.807) is 36.4 Å². The zero-order valence-corrected chi connectivity index (χ0v) is 20.9. The predicted molar refractivity (Wildman–Crippen MR) is 145 cm³/mol. The maximum Gasteiger partial charge on any atom is 0.336 e. The molecule has 188 valence electrons. The van der Waals surface area contributed by atoms with Gasteiger partial charge in [0.25, 0.3) is 0 Å². The standard InChI is InChI=1S/C31H30N2O4/c1-31(2,33)29(34)27-18-21-9-4-3-8-20(21)16-22(27)10-7-15-37-28-14-13-23(17-24(28)19-32)25-11-5-6-12-26(25)30(35)36/h3-6,8-9,11-14,16-18,29,34H,7,10,15,33H2,1-2H3,(H,35,36)/t29-/m1/s1. The Morgan fingerprint density at radius 1 is 1.03 bits per heavy atom. The van der Waals surface area contributed by atoms with Crippen molar-refractivity contribution in [3.8, 4) is 22.9 Å². The van der Waals surface area contributed by atoms with Crippen molar-refractivity contribution in [2.75, 3.05) is 6.61 Å². The van der Waals surface area contributed by atoms with Crippen LogP contribution in [0.15, 0.2) is 78.9 Å². The van der Waals surface area contributed by atoms with Crippen molar-refractivity contribution in [1.82, 2.24) is 0 Å². The molecule has 0 spiro atoms. The lowest BCUT2D eigenvalue weighted by Gasteiger charge is -2.28. The van der Waals surface area contributed by atoms with Gasteiger partial charge >= 0.3 is 5.97 Å². The number of nitriles is 1. The number of aliphatic hydroxyl groups is 1. The number of nitrogens with two attached hydrogens (primary N) is 1. The molecule has 6 heteroatoms. The van der Waals surface area contributed by atoms with E-state index >= 15 is 0 Å². The number of ether oxygens (including phenoxy) is 1. The average molecular weight is 495 g/mol. The summed E-state index contributed by atoms with van der Waals surface area (Å²) in [5.41, 5.74) is 8.95. The molecule has 0 heterocycles. The molecule has 4 rings (SSSR count). The second-order valence-electron chi connectivity index (χ2n) is 9.75. The molecule has 1 atom stereocenters. The zero-order valence-electron chi connectivity index (χ0n) is 20.9. The normalized spacial score (nSPS) is 12.2. The van der Waals surface area contributed by atoms with Crippen LogP contribution in [0, 0.1) is 11.3 Å². The summed E-state index contributed by atoms with van der Waals surface area (Å²) < 4.78 is 5.95. The fourth-order valence-corrected chi connectivity index (χ4v) is 4.45. The van der Waals surface area contributed by atoms with Gasteiger partial charge in [0.1, 0.15) is 11.8 Å². The monoisotopic (exact) mass is 494 g/mol. The molecule has 6 nitrogen and oxygen atoms in total. The highest BCUT2D eigenvalue weighted by Gasteiger charge is 2.26. The number of aryl methyl sites for hydroxylation is 1. The van der Waals surface area contributed by atoms with Crippen molar-refractivity contribution in [3.05, 3.63) is 101 Å². The van der Waals surface area contributed by atoms with E-state index in [0.717, 1.165) is 21.9 Å². The van der Waals surface area contributed by atoms with E-state index in [-0.39, 0.29) is 5.56 Å². The van der Waals surface area contributed by atoms with Gasteiger partial charge in [-0.1, -0.05) is 54.6 Å². The number of hydrogen-bond acceptors (Lipinski definition) is 5. The smallest absolute Gasteiger partial charge is 0.336 e. The molecule has 0 aromatic heterocycles. The number of aromatic carboxylic acids is 1. The molecule has 0 bridgehead atoms. The van der Waals surface area contributed by atoms with Crippen molar-refractivity contribution in [3.63, 3.8) is 0 Å². The molecule has 0 radical (unpaired) electrons. The van der Waals surface area contributed by atoms with Gasteiger partial charge < -0.3 is 20.7 Å². The molecular formula is C31H30N2O4. The van der Waals surface area contributed by atoms with Gasteiger partial charge in [-0.15, -0.1) is 0 Å². The highest BCUT2D eigenvalue weighted by molar-refractivity contribution is 5.96. The van der Waals surface area contributed by atoms with Crippen LogP contribution in [-0.4, -0.2) is 28.3 Å². The predicted octanol–water partition coefficient (Wildman–Crippen LogP) is 5.86. The molecule has 0 amide bonds. The Morgan fingerprint density at radius 2 is 1.70 bits per heavy atom. The van der Waals surface area contributed by atoms with Crippen molar-refractivity contribution in [1.29, 1.82) is 5.26 Å². The summed E-state index contributed by atoms with van der Waals surface area (Å²) in [6.45, 7) is 3.98. The number of carboxylic acids is 1. The fraction of sp³-hybridized carbons (Fsp3) is 0.226. The van der Waals surface area contributed by atoms with Crippen LogP contribution in [0.2, 0.25) is 0 Å². The number of nitrogens with zero attached hydrogens (tertiary/aromatic N) is 1. The van der Waals surface area contributed by atoms with Gasteiger partial charge in [0.2, 0.25) is 0 Å². The van der Waals surface area contributed by atoms with E-state index in [4.69, 9.17) is 10.5 Å². The Kier molecular flexibility index (Phi) is 7.58. The molecule has 37 heavy (non-hydrogen) atoms. The van der Waals surface area contributed by atoms with Gasteiger partial charge in [0.05, 0.1) is 23.8 Å². The summed E-state index contributed by atoms with van der Waals surface area (Å²) in [7, 11) is 0. The first-order valence-corrected chi connectivity index (χ1v) is 12.2. The number of rotatable bonds is 9. The third-order valence-electron chi connectivity index (χ3n) is 6.42. The van der Waals surface area contributed by atoms with Crippen LogP contribution in [0.3, 0.4) is 0 Å². The number of fused-ring (bicyclic) bond motifs is 1. The zero-order chi connectivity index (χ0) is 26.6. The Labute approximate surface area is 216 Å². The van der Waals surface area contributed by atoms with E-state index in [2.05, 4.69) is 12.1 Å². The largest absolute Gasteiger partial charge is 0.492 e. The molecule has 4 aromatic rings. The van der Waals surface area contributed by atoms with Crippen molar-refractivity contribution in [2.24, 2.45) is 5.73 Å². The maximum atomic E-state index is 11.6. The summed E-state index contributed by atoms with van der Waals surface area (Å²) in [5, 5.41) is 32.3. The molecule has 0 saturated heterocycles. The topological polar surface area (TPSA) is 117 Å². The van der Waals surface area contributed by atoms with Crippen LogP contribution in [-0.2, 0) is 6.42 Å². The molecule has 0 aliphatic rings. The van der Waals surface area contributed by atoms with E-state index in [1.165, 1.54) is 6.07 Å². The summed E-state index contributed by atoms with van der Waals surface area (Å²) in [4.78, 5) is 11.6. The molecule has 4 N–H and O–H groups in total. The summed E-state index contributed by atoms with van der Waals surface area (Å²) in [5.74, 6) is -0.577. The lowest BCUT2D eigenvalue weighted by molar-refractivity contribution is 0.0697. The summed E-state index contributed by atoms with van der Waals surface area (Å²) >= 11 is 0. The molecule has 0 aliphatic heterocycles. The minimum atomic E-state index is -1.02. The van der Waals surface area contributed by atoms with Gasteiger partial charge in [-0.05, 0) is 84.0 Å². The lowest BCUT2D eigenvalue weighted by Crippen LogP contribution is -2.39. The summed E-state index contributed by atoms with van der Waals surface area (Å²) in [6, 6.07) is 26.1. The first kappa shape index (κ1) is 25.9. The second kappa shape index (κ2) is 10.8. The van der Waals surface area contributed by atoms with Crippen LogP contribution < -0.4 is 10.5 Å². The van der Waals surface area contributed by atoms with Gasteiger partial charge in [0, 0.05) is 5.54 Å². The Morgan fingerprint density at radius 3 is 2.38 bits per heavy atom. The molecule has 0 unspecified atom stereocenters. The van der Waals surface area contributed by atoms with Crippen LogP contribution in [0.1, 0.15) is 53.4 Å². The molecule has 0 saturated carbocycles. The third kappa shape index (κ3) is 5.80. The minimum absolute atomic E-state index is 0.175. The van der Waals surface area contributed by atoms with Crippen LogP contribution in [0.5, 0.6) is 5.75 Å². The quantitative estimate of drug-likeness (QED) is 0.251. The van der Waals surface area contributed by atoms with Crippen molar-refractivity contribution >= 4 is 16.7 Å². The summed E-state index contributed by atoms with van der Waals surface area (Å²) in [6.07, 6.45) is 0.510. The molecule has 0 fully saturated rings. The van der Waals surface area contributed by atoms with Crippen LogP contribution in [0.4, 0.5) is 0 Å². The second-order valence-corrected chi connectivity index (χ2v) is 9.75. The first-order chi connectivity index (χ1) is 17.7. The van der Waals surface area contributed by atoms with E-state index in [1.807, 2.05) is 44.2 Å². The maximum absolute atomic E-state index is 11.6. The SMILES string of the molecule is CC(C)(N)[C@H](O)c1cc2ccccc2cc1CCCOc1ccc(-c2ccccc2C(=O)O)cc1C#N. The van der Waals surface area contributed by atoms with E-state index in [9.17, 15) is 20.3 Å². The Bertz CT molecular complexity index is 1480. The van der Waals surface area contributed by atoms with E-state index in [0.29, 0.717) is 41.9 Å². The number of hydrogen-bond donors (Lipinski definition) is 3. The van der Waals surface area contributed by atoms with Gasteiger partial charge in [0.15, 0.2) is 0 Å². The molecular weight excluding hydrogens is 464 g/mol. The molecule has 0 aliphatic carbocycles. The van der Waals surface area contributed by atoms with Crippen LogP contribution >= 0.6 is 0 Å². The van der Waals surface area contributed by atoms with Gasteiger partial charge in [-0.3, -0.25) is 0 Å². The minimum Gasteiger partial charge on any atom is -0.492 e. The van der Waals surface area contributed by atoms with E-state index < -0.39 is 17.6 Å². The lowest BCUT2D eigenvalue weighted by atomic mass is 9.86. The number of carbonyl (C=O) groups is 1. The number of aliphatic hydroxyl groups excluding tert-OH is 1. The van der Waals surface area contributed by atoms with Crippen LogP contribution in [0.25, 0.3) is 21.9 Å². The Hall–Kier alpha value is -4.18. The fourth-order valence-electron chi connectivity index (χ4n) is 4.45. The number of benzene rings is 4. The molecule has 4 aromatic carbocycles. The van der Waals surface area contributed by atoms with Crippen molar-refractivity contribution < 1.29 is 19.7 Å². The first-order valence-electron chi connectivity index (χ1n) is 12.2. The van der Waals surface area contributed by atoms with Gasteiger partial charge in [-0.25, -0.2) is 4.79 Å². The average Bonchev–Trinajstić information content (AvgIpc) is 2.89. The Balaban J connectivity index is 1.51. The third-order valence-corrected chi connectivity index (χ3v) is 6.42. The van der Waals surface area contributed by atoms with Crippen molar-refractivity contribution in [2.45, 2.75) is 38.3 Å². The highest BCUT2D eigenvalue weighted by atomic mass is 16.5. The highest BCUT2D eigenvalue weighted by Crippen LogP contribution is 2.32. The van der Waals surface area contributed by atoms with Gasteiger partial charge in [-0.2, -0.15) is 5.26 Å². The number of carboxylic acid groups (broad SMARTS) is 1.